The lowest BCUT2D eigenvalue weighted by molar-refractivity contribution is 0.0204. The van der Waals surface area contributed by atoms with Gasteiger partial charge in [0, 0.05) is 6.42 Å². The van der Waals surface area contributed by atoms with Gasteiger partial charge in [0.2, 0.25) is 0 Å². The van der Waals surface area contributed by atoms with E-state index in [2.05, 4.69) is 32.6 Å². The second kappa shape index (κ2) is 9.15. The molecule has 31 heavy (non-hydrogen) atoms. The zero-order valence-electron chi connectivity index (χ0n) is 20.6. The predicted octanol–water partition coefficient (Wildman–Crippen LogP) is 6.09. The van der Waals surface area contributed by atoms with Gasteiger partial charge in [0.15, 0.2) is 0 Å². The average Bonchev–Trinajstić information content (AvgIpc) is 2.99. The fourth-order valence-corrected chi connectivity index (χ4v) is 7.03. The van der Waals surface area contributed by atoms with E-state index in [1.165, 1.54) is 32.1 Å². The molecule has 0 saturated heterocycles. The Morgan fingerprint density at radius 2 is 1.94 bits per heavy atom. The van der Waals surface area contributed by atoms with Gasteiger partial charge in [-0.05, 0) is 100 Å². The summed E-state index contributed by atoms with van der Waals surface area (Å²) in [5, 5.41) is 30.8. The number of allylic oxidation sites excluding steroid dienone is 3. The number of fused-ring (bicyclic) bond motifs is 1. The van der Waals surface area contributed by atoms with Crippen LogP contribution in [0.5, 0.6) is 0 Å². The molecule has 0 spiro atoms. The van der Waals surface area contributed by atoms with E-state index < -0.39 is 17.3 Å². The van der Waals surface area contributed by atoms with E-state index >= 15 is 0 Å². The molecule has 3 rings (SSSR count). The molecule has 3 heteroatoms. The van der Waals surface area contributed by atoms with Crippen LogP contribution >= 0.6 is 0 Å². The molecular formula is C28H46O3. The first-order valence-electron chi connectivity index (χ1n) is 12.6. The Bertz CT molecular complexity index is 723. The second-order valence-electron chi connectivity index (χ2n) is 12.0. The molecule has 176 valence electrons. The van der Waals surface area contributed by atoms with Crippen LogP contribution in [0.1, 0.15) is 98.8 Å². The summed E-state index contributed by atoms with van der Waals surface area (Å²) < 4.78 is 0. The Balaban J connectivity index is 1.72. The average molecular weight is 431 g/mol. The van der Waals surface area contributed by atoms with E-state index in [0.717, 1.165) is 36.3 Å². The fraction of sp³-hybridized carbons (Fsp3) is 0.786. The van der Waals surface area contributed by atoms with Crippen molar-refractivity contribution < 1.29 is 15.3 Å². The molecule has 0 aromatic carbocycles. The molecule has 0 aromatic rings. The quantitative estimate of drug-likeness (QED) is 0.477. The number of aliphatic hydroxyl groups excluding tert-OH is 1. The predicted molar refractivity (Wildman–Crippen MR) is 129 cm³/mol. The Kier molecular flexibility index (Phi) is 7.30. The Morgan fingerprint density at radius 1 is 1.23 bits per heavy atom. The van der Waals surface area contributed by atoms with E-state index in [9.17, 15) is 15.3 Å². The molecule has 3 nitrogen and oxygen atoms in total. The van der Waals surface area contributed by atoms with E-state index in [1.54, 1.807) is 12.5 Å². The minimum atomic E-state index is -1.01. The Labute approximate surface area is 190 Å². The molecule has 3 aliphatic carbocycles. The molecule has 3 N–H and O–H groups in total. The van der Waals surface area contributed by atoms with Gasteiger partial charge in [-0.25, -0.2) is 0 Å². The fourth-order valence-electron chi connectivity index (χ4n) is 7.03. The largest absolute Gasteiger partial charge is 0.393 e. The van der Waals surface area contributed by atoms with Gasteiger partial charge in [-0.1, -0.05) is 51.0 Å². The molecule has 2 unspecified atom stereocenters. The lowest BCUT2D eigenvalue weighted by Gasteiger charge is -2.44. The third-order valence-electron chi connectivity index (χ3n) is 8.80. The van der Waals surface area contributed by atoms with Gasteiger partial charge < -0.3 is 15.3 Å². The van der Waals surface area contributed by atoms with Gasteiger partial charge in [-0.15, -0.1) is 0 Å². The highest BCUT2D eigenvalue weighted by molar-refractivity contribution is 5.41. The summed E-state index contributed by atoms with van der Waals surface area (Å²) in [5.74, 6) is 2.09. The van der Waals surface area contributed by atoms with Crippen molar-refractivity contribution in [1.29, 1.82) is 0 Å². The van der Waals surface area contributed by atoms with Crippen LogP contribution in [0.25, 0.3) is 0 Å². The van der Waals surface area contributed by atoms with Crippen molar-refractivity contribution in [2.75, 3.05) is 0 Å². The van der Waals surface area contributed by atoms with E-state index in [4.69, 9.17) is 0 Å². The monoisotopic (exact) mass is 430 g/mol. The summed E-state index contributed by atoms with van der Waals surface area (Å²) in [6.45, 7) is 14.7. The maximum absolute atomic E-state index is 10.6. The molecule has 3 fully saturated rings. The summed E-state index contributed by atoms with van der Waals surface area (Å²) in [6, 6.07) is 0. The molecule has 0 radical (unpaired) electrons. The molecule has 0 aliphatic heterocycles. The van der Waals surface area contributed by atoms with Crippen LogP contribution in [0, 0.1) is 23.2 Å². The summed E-state index contributed by atoms with van der Waals surface area (Å²) >= 11 is 0. The van der Waals surface area contributed by atoms with Gasteiger partial charge in [0.1, 0.15) is 0 Å². The second-order valence-corrected chi connectivity index (χ2v) is 12.0. The van der Waals surface area contributed by atoms with Crippen molar-refractivity contribution in [3.8, 4) is 0 Å². The van der Waals surface area contributed by atoms with Crippen LogP contribution in [0.2, 0.25) is 0 Å². The lowest BCUT2D eigenvalue weighted by Crippen LogP contribution is -2.37. The zero-order valence-corrected chi connectivity index (χ0v) is 20.6. The van der Waals surface area contributed by atoms with Crippen LogP contribution in [0.3, 0.4) is 0 Å². The Morgan fingerprint density at radius 3 is 2.61 bits per heavy atom. The maximum atomic E-state index is 10.6. The van der Waals surface area contributed by atoms with Gasteiger partial charge >= 0.3 is 0 Å². The van der Waals surface area contributed by atoms with Crippen molar-refractivity contribution in [1.82, 2.24) is 0 Å². The number of rotatable bonds is 6. The zero-order chi connectivity index (χ0) is 23.0. The highest BCUT2D eigenvalue weighted by Crippen LogP contribution is 2.60. The van der Waals surface area contributed by atoms with Crippen molar-refractivity contribution in [2.45, 2.75) is 116 Å². The van der Waals surface area contributed by atoms with Crippen LogP contribution in [0.15, 0.2) is 35.5 Å². The SMILES string of the molecule is C=C1C(=CC=C2CCC[C@@]3(C)C2CCC3[C@@H](C)CCCC(C)(C)O)C[C@H](O)C[C@]1(C)O. The minimum absolute atomic E-state index is 0.366. The highest BCUT2D eigenvalue weighted by atomic mass is 16.3. The van der Waals surface area contributed by atoms with Crippen LogP contribution in [0.4, 0.5) is 0 Å². The van der Waals surface area contributed by atoms with Gasteiger partial charge in [0.25, 0.3) is 0 Å². The molecule has 0 amide bonds. The smallest absolute Gasteiger partial charge is 0.0890 e. The first-order valence-corrected chi connectivity index (χ1v) is 12.6. The molecule has 0 aromatic heterocycles. The summed E-state index contributed by atoms with van der Waals surface area (Å²) in [5.41, 5.74) is 2.11. The van der Waals surface area contributed by atoms with Crippen LogP contribution in [-0.2, 0) is 0 Å². The molecule has 6 atom stereocenters. The van der Waals surface area contributed by atoms with E-state index in [0.29, 0.717) is 30.1 Å². The highest BCUT2D eigenvalue weighted by Gasteiger charge is 2.50. The number of hydrogen-bond acceptors (Lipinski definition) is 3. The van der Waals surface area contributed by atoms with Crippen LogP contribution in [-0.4, -0.2) is 32.6 Å². The topological polar surface area (TPSA) is 60.7 Å². The van der Waals surface area contributed by atoms with Crippen molar-refractivity contribution in [2.24, 2.45) is 23.2 Å². The summed E-state index contributed by atoms with van der Waals surface area (Å²) in [7, 11) is 0. The molecule has 3 saturated carbocycles. The summed E-state index contributed by atoms with van der Waals surface area (Å²) in [6.07, 6.45) is 14.4. The first kappa shape index (κ1) is 24.7. The molecule has 0 heterocycles. The van der Waals surface area contributed by atoms with Crippen molar-refractivity contribution in [3.63, 3.8) is 0 Å². The standard InChI is InChI=1S/C28H46O3/c1-19(9-7-15-26(3,4)30)24-13-14-25-21(10-8-16-27(24,25)5)11-12-22-17-23(29)18-28(6,31)20(22)2/h11-12,19,23-25,29-31H,2,7-10,13-18H2,1,3-6H3/t19-,23-,24?,25?,27+,28-/m0/s1. The first-order chi connectivity index (χ1) is 14.3. The number of aliphatic hydroxyl groups is 3. The summed E-state index contributed by atoms with van der Waals surface area (Å²) in [4.78, 5) is 0. The Hall–Kier alpha value is -0.900. The molecular weight excluding hydrogens is 384 g/mol. The molecule has 0 bridgehead atoms. The lowest BCUT2D eigenvalue weighted by atomic mass is 9.60. The number of hydrogen-bond donors (Lipinski definition) is 3. The third kappa shape index (κ3) is 5.54. The third-order valence-corrected chi connectivity index (χ3v) is 8.80. The normalized spacial score (nSPS) is 40.4. The van der Waals surface area contributed by atoms with Gasteiger partial charge in [0.05, 0.1) is 17.3 Å². The van der Waals surface area contributed by atoms with Crippen molar-refractivity contribution >= 4 is 0 Å². The van der Waals surface area contributed by atoms with Gasteiger partial charge in [-0.2, -0.15) is 0 Å². The van der Waals surface area contributed by atoms with E-state index in [-0.39, 0.29) is 0 Å². The van der Waals surface area contributed by atoms with Gasteiger partial charge in [-0.3, -0.25) is 0 Å². The minimum Gasteiger partial charge on any atom is -0.393 e. The van der Waals surface area contributed by atoms with Crippen LogP contribution < -0.4 is 0 Å². The molecule has 3 aliphatic rings. The maximum Gasteiger partial charge on any atom is 0.0890 e. The van der Waals surface area contributed by atoms with Crippen molar-refractivity contribution in [3.05, 3.63) is 35.5 Å². The van der Waals surface area contributed by atoms with E-state index in [1.807, 2.05) is 13.8 Å².